The lowest BCUT2D eigenvalue weighted by molar-refractivity contribution is -0.160. The van der Waals surface area contributed by atoms with Crippen molar-refractivity contribution >= 4 is 38.8 Å². The van der Waals surface area contributed by atoms with Gasteiger partial charge in [-0.25, -0.2) is 12.8 Å². The van der Waals surface area contributed by atoms with Gasteiger partial charge in [-0.2, -0.15) is 0 Å². The Morgan fingerprint density at radius 1 is 1.25 bits per heavy atom. The highest BCUT2D eigenvalue weighted by atomic mass is 35.5. The second-order valence-electron chi connectivity index (χ2n) is 8.01. The number of hydrogen-bond acceptors (Lipinski definition) is 6. The number of amides is 1. The van der Waals surface area contributed by atoms with Gasteiger partial charge in [-0.15, -0.1) is 0 Å². The van der Waals surface area contributed by atoms with E-state index in [1.54, 1.807) is 6.92 Å². The molecule has 1 amide bonds. The maximum absolute atomic E-state index is 13.8. The van der Waals surface area contributed by atoms with Crippen LogP contribution in [-0.2, 0) is 25.8 Å². The second-order valence-corrected chi connectivity index (χ2v) is 10.5. The molecule has 32 heavy (non-hydrogen) atoms. The molecule has 4 rings (SSSR count). The molecule has 2 N–H and O–H groups in total. The molecule has 2 fully saturated rings. The first kappa shape index (κ1) is 22.5. The number of β-lactam (4-membered cyclic amide) rings is 1. The molecule has 10 heteroatoms. The molecule has 0 radical (unpaired) electrons. The van der Waals surface area contributed by atoms with Gasteiger partial charge in [0.1, 0.15) is 11.6 Å². The fourth-order valence-corrected chi connectivity index (χ4v) is 7.42. The van der Waals surface area contributed by atoms with E-state index in [4.69, 9.17) is 22.1 Å². The van der Waals surface area contributed by atoms with Crippen molar-refractivity contribution in [1.82, 2.24) is 4.90 Å². The van der Waals surface area contributed by atoms with Crippen molar-refractivity contribution < 1.29 is 27.1 Å². The minimum Gasteiger partial charge on any atom is -0.496 e. The Bertz CT molecular complexity index is 1230. The summed E-state index contributed by atoms with van der Waals surface area (Å²) in [4.78, 5) is 25.4. The quantitative estimate of drug-likeness (QED) is 0.503. The molecule has 2 saturated heterocycles. The van der Waals surface area contributed by atoms with Crippen LogP contribution in [-0.4, -0.2) is 43.5 Å². The number of halogens is 2. The van der Waals surface area contributed by atoms with E-state index in [9.17, 15) is 22.4 Å². The molecule has 2 aromatic rings. The smallest absolute Gasteiger partial charge is 0.231 e. The third-order valence-electron chi connectivity index (χ3n) is 6.37. The summed E-state index contributed by atoms with van der Waals surface area (Å²) in [7, 11) is -2.90. The van der Waals surface area contributed by atoms with Crippen LogP contribution < -0.4 is 10.5 Å². The standard InChI is InChI=1S/C22H22ClFN2O5S/c1-3-16-21(28)26-11-13(8-12-9-14(24)4-7-19(12)31-2)20(27)22(16,26)32(29,30)15-5-6-17(23)18(25)10-15/h4-7,9-10,13,16H,3,8,11,25H2,1-2H3/t13-,16+,22?/m0/s1. The minimum atomic E-state index is -4.32. The number of ether oxygens (including phenoxy) is 1. The number of hydrogen-bond donors (Lipinski definition) is 1. The molecule has 170 valence electrons. The number of nitrogens with zero attached hydrogens (tertiary/aromatic N) is 1. The summed E-state index contributed by atoms with van der Waals surface area (Å²) in [5, 5.41) is 0.184. The van der Waals surface area contributed by atoms with Crippen molar-refractivity contribution in [3.63, 3.8) is 0 Å². The molecule has 2 aliphatic heterocycles. The first-order valence-corrected chi connectivity index (χ1v) is 11.9. The number of benzene rings is 2. The van der Waals surface area contributed by atoms with Gasteiger partial charge in [0, 0.05) is 12.5 Å². The van der Waals surface area contributed by atoms with Crippen LogP contribution in [0.25, 0.3) is 0 Å². The van der Waals surface area contributed by atoms with Gasteiger partial charge in [-0.3, -0.25) is 9.59 Å². The Balaban J connectivity index is 1.79. The maximum atomic E-state index is 13.8. The molecule has 2 aromatic carbocycles. The van der Waals surface area contributed by atoms with Gasteiger partial charge in [-0.05, 0) is 54.8 Å². The van der Waals surface area contributed by atoms with Crippen molar-refractivity contribution in [2.75, 3.05) is 19.4 Å². The fourth-order valence-electron chi connectivity index (χ4n) is 4.88. The van der Waals surface area contributed by atoms with E-state index in [0.717, 1.165) is 4.90 Å². The summed E-state index contributed by atoms with van der Waals surface area (Å²) >= 11 is 5.94. The molecular formula is C22H22ClFN2O5S. The molecule has 0 bridgehead atoms. The van der Waals surface area contributed by atoms with Crippen LogP contribution >= 0.6 is 11.6 Å². The van der Waals surface area contributed by atoms with Crippen molar-refractivity contribution in [3.8, 4) is 5.75 Å². The van der Waals surface area contributed by atoms with E-state index in [2.05, 4.69) is 0 Å². The van der Waals surface area contributed by atoms with Crippen LogP contribution in [0.3, 0.4) is 0 Å². The number of rotatable bonds is 6. The number of fused-ring (bicyclic) bond motifs is 1. The molecule has 1 unspecified atom stereocenters. The van der Waals surface area contributed by atoms with Crippen molar-refractivity contribution in [1.29, 1.82) is 0 Å². The van der Waals surface area contributed by atoms with Crippen LogP contribution in [0.5, 0.6) is 5.75 Å². The van der Waals surface area contributed by atoms with Gasteiger partial charge >= 0.3 is 0 Å². The zero-order valence-electron chi connectivity index (χ0n) is 17.5. The molecule has 2 aliphatic rings. The van der Waals surface area contributed by atoms with Crippen LogP contribution in [0.2, 0.25) is 5.02 Å². The Morgan fingerprint density at radius 3 is 2.59 bits per heavy atom. The van der Waals surface area contributed by atoms with E-state index in [-0.39, 0.29) is 40.9 Å². The number of nitrogens with two attached hydrogens (primary N) is 1. The minimum absolute atomic E-state index is 0.0417. The van der Waals surface area contributed by atoms with Crippen LogP contribution in [0.1, 0.15) is 18.9 Å². The summed E-state index contributed by atoms with van der Waals surface area (Å²) in [6.07, 6.45) is 0.222. The average Bonchev–Trinajstić information content (AvgIpc) is 3.00. The molecular weight excluding hydrogens is 459 g/mol. The van der Waals surface area contributed by atoms with Crippen LogP contribution in [0.4, 0.5) is 10.1 Å². The number of ketones is 1. The summed E-state index contributed by atoms with van der Waals surface area (Å²) < 4.78 is 46.7. The van der Waals surface area contributed by atoms with Crippen molar-refractivity contribution in [3.05, 3.63) is 52.8 Å². The maximum Gasteiger partial charge on any atom is 0.231 e. The predicted octanol–water partition coefficient (Wildman–Crippen LogP) is 2.85. The van der Waals surface area contributed by atoms with Gasteiger partial charge in [0.05, 0.1) is 28.6 Å². The number of carbonyl (C=O) groups is 2. The average molecular weight is 481 g/mol. The van der Waals surface area contributed by atoms with E-state index in [1.807, 2.05) is 0 Å². The van der Waals surface area contributed by atoms with Crippen molar-refractivity contribution in [2.45, 2.75) is 29.5 Å². The zero-order valence-corrected chi connectivity index (χ0v) is 19.0. The zero-order chi connectivity index (χ0) is 23.4. The third-order valence-corrected chi connectivity index (χ3v) is 9.11. The van der Waals surface area contributed by atoms with Crippen LogP contribution in [0.15, 0.2) is 41.3 Å². The molecule has 3 atom stereocenters. The topological polar surface area (TPSA) is 107 Å². The van der Waals surface area contributed by atoms with Gasteiger partial charge in [-0.1, -0.05) is 18.5 Å². The lowest BCUT2D eigenvalue weighted by Crippen LogP contribution is -2.73. The fraction of sp³-hybridized carbons (Fsp3) is 0.364. The molecule has 2 heterocycles. The number of carbonyl (C=O) groups excluding carboxylic acids is 2. The Hall–Kier alpha value is -2.65. The number of methoxy groups -OCH3 is 1. The van der Waals surface area contributed by atoms with E-state index < -0.39 is 38.1 Å². The van der Waals surface area contributed by atoms with Gasteiger partial charge in [0.2, 0.25) is 20.6 Å². The number of anilines is 1. The lowest BCUT2D eigenvalue weighted by atomic mass is 9.82. The summed E-state index contributed by atoms with van der Waals surface area (Å²) in [5.74, 6) is -2.92. The normalized spacial score (nSPS) is 24.9. The predicted molar refractivity (Wildman–Crippen MR) is 116 cm³/mol. The third kappa shape index (κ3) is 2.94. The Kier molecular flexibility index (Phi) is 5.45. The highest BCUT2D eigenvalue weighted by Gasteiger charge is 2.75. The van der Waals surface area contributed by atoms with Gasteiger partial charge in [0.25, 0.3) is 0 Å². The monoisotopic (exact) mass is 480 g/mol. The molecule has 7 nitrogen and oxygen atoms in total. The van der Waals surface area contributed by atoms with E-state index in [0.29, 0.717) is 11.3 Å². The van der Waals surface area contributed by atoms with Crippen LogP contribution in [0, 0.1) is 17.7 Å². The number of sulfone groups is 1. The summed E-state index contributed by atoms with van der Waals surface area (Å²) in [6.45, 7) is 1.60. The van der Waals surface area contributed by atoms with E-state index >= 15 is 0 Å². The lowest BCUT2D eigenvalue weighted by Gasteiger charge is -2.50. The largest absolute Gasteiger partial charge is 0.496 e. The van der Waals surface area contributed by atoms with E-state index in [1.165, 1.54) is 43.5 Å². The first-order chi connectivity index (χ1) is 15.1. The van der Waals surface area contributed by atoms with Gasteiger partial charge < -0.3 is 15.4 Å². The number of nitrogen functional groups attached to an aromatic ring is 1. The molecule has 0 spiro atoms. The summed E-state index contributed by atoms with van der Waals surface area (Å²) in [6, 6.07) is 7.77. The Labute approximate surface area is 190 Å². The number of Topliss-reactive ketones (excluding diaryl/α,β-unsaturated/α-hetero) is 1. The SMILES string of the molecule is CC[C@@H]1C(=O)N2C[C@H](Cc3cc(F)ccc3OC)C(=O)C12S(=O)(=O)c1ccc(Cl)c(N)c1. The second kappa shape index (κ2) is 7.74. The molecule has 0 saturated carbocycles. The first-order valence-electron chi connectivity index (χ1n) is 10.1. The molecule has 0 aliphatic carbocycles. The Morgan fingerprint density at radius 2 is 1.97 bits per heavy atom. The van der Waals surface area contributed by atoms with Gasteiger partial charge in [0.15, 0.2) is 5.78 Å². The highest BCUT2D eigenvalue weighted by molar-refractivity contribution is 7.93. The highest BCUT2D eigenvalue weighted by Crippen LogP contribution is 2.53. The van der Waals surface area contributed by atoms with Crippen molar-refractivity contribution in [2.24, 2.45) is 11.8 Å². The summed E-state index contributed by atoms with van der Waals surface area (Å²) in [5.41, 5.74) is 6.29. The molecule has 0 aromatic heterocycles.